The normalized spacial score (nSPS) is 16.5. The van der Waals surface area contributed by atoms with E-state index in [1.54, 1.807) is 29.2 Å². The third kappa shape index (κ3) is 5.67. The molecule has 1 aliphatic rings. The zero-order valence-corrected chi connectivity index (χ0v) is 20.2. The maximum absolute atomic E-state index is 13.2. The molecule has 4 rings (SSSR count). The standard InChI is InChI=1S/C23H25ClN2O4S2/c1-16-12-18(24)13-20-22(16)25-23(31-20)26(14-19-8-5-10-30-19)21(27)9-11-32(28,29)15-17-6-3-2-4-7-17/h2-4,6-7,12-13,19H,5,8-11,14-15H2,1H3. The molecule has 6 nitrogen and oxygen atoms in total. The Morgan fingerprint density at radius 2 is 2.06 bits per heavy atom. The third-order valence-electron chi connectivity index (χ3n) is 5.44. The lowest BCUT2D eigenvalue weighted by Gasteiger charge is -2.23. The summed E-state index contributed by atoms with van der Waals surface area (Å²) in [6.07, 6.45) is 1.65. The summed E-state index contributed by atoms with van der Waals surface area (Å²) in [6, 6.07) is 12.7. The number of hydrogen-bond donors (Lipinski definition) is 0. The number of sulfone groups is 1. The number of fused-ring (bicyclic) bond motifs is 1. The lowest BCUT2D eigenvalue weighted by atomic mass is 10.2. The van der Waals surface area contributed by atoms with E-state index in [1.165, 1.54) is 11.3 Å². The smallest absolute Gasteiger partial charge is 0.229 e. The topological polar surface area (TPSA) is 76.6 Å². The van der Waals surface area contributed by atoms with Gasteiger partial charge in [0, 0.05) is 18.1 Å². The van der Waals surface area contributed by atoms with Gasteiger partial charge < -0.3 is 4.74 Å². The van der Waals surface area contributed by atoms with Gasteiger partial charge in [-0.2, -0.15) is 0 Å². The Morgan fingerprint density at radius 3 is 2.78 bits per heavy atom. The van der Waals surface area contributed by atoms with Gasteiger partial charge in [-0.1, -0.05) is 53.3 Å². The first-order chi connectivity index (χ1) is 15.3. The molecule has 3 aromatic rings. The Bertz CT molecular complexity index is 1210. The van der Waals surface area contributed by atoms with E-state index in [4.69, 9.17) is 16.3 Å². The molecule has 1 unspecified atom stereocenters. The second-order valence-corrected chi connectivity index (χ2v) is 11.7. The summed E-state index contributed by atoms with van der Waals surface area (Å²) in [5.41, 5.74) is 2.45. The van der Waals surface area contributed by atoms with E-state index < -0.39 is 9.84 Å². The van der Waals surface area contributed by atoms with Crippen LogP contribution in [0.1, 0.15) is 30.4 Å². The highest BCUT2D eigenvalue weighted by molar-refractivity contribution is 7.90. The molecule has 2 heterocycles. The van der Waals surface area contributed by atoms with Crippen LogP contribution in [0.5, 0.6) is 0 Å². The third-order valence-corrected chi connectivity index (χ3v) is 8.28. The van der Waals surface area contributed by atoms with Gasteiger partial charge in [0.1, 0.15) is 0 Å². The SMILES string of the molecule is Cc1cc(Cl)cc2sc(N(CC3CCCO3)C(=O)CCS(=O)(=O)Cc3ccccc3)nc12. The van der Waals surface area contributed by atoms with E-state index >= 15 is 0 Å². The number of amides is 1. The number of carbonyl (C=O) groups excluding carboxylic acids is 1. The summed E-state index contributed by atoms with van der Waals surface area (Å²) >= 11 is 7.58. The Morgan fingerprint density at radius 1 is 1.28 bits per heavy atom. The molecule has 1 saturated heterocycles. The number of benzene rings is 2. The lowest BCUT2D eigenvalue weighted by molar-refractivity contribution is -0.118. The Hall–Kier alpha value is -2.00. The van der Waals surface area contributed by atoms with Crippen molar-refractivity contribution in [2.24, 2.45) is 0 Å². The summed E-state index contributed by atoms with van der Waals surface area (Å²) in [7, 11) is -3.42. The molecule has 1 amide bonds. The van der Waals surface area contributed by atoms with E-state index in [1.807, 2.05) is 25.1 Å². The van der Waals surface area contributed by atoms with Crippen LogP contribution in [0.25, 0.3) is 10.2 Å². The van der Waals surface area contributed by atoms with Crippen molar-refractivity contribution in [2.45, 2.75) is 38.0 Å². The van der Waals surface area contributed by atoms with Gasteiger partial charge in [-0.05, 0) is 43.0 Å². The van der Waals surface area contributed by atoms with Crippen molar-refractivity contribution >= 4 is 54.0 Å². The van der Waals surface area contributed by atoms with Crippen LogP contribution in [0.2, 0.25) is 5.02 Å². The van der Waals surface area contributed by atoms with Gasteiger partial charge in [0.25, 0.3) is 0 Å². The number of anilines is 1. The van der Waals surface area contributed by atoms with Gasteiger partial charge in [-0.25, -0.2) is 13.4 Å². The van der Waals surface area contributed by atoms with E-state index in [0.717, 1.165) is 34.2 Å². The van der Waals surface area contributed by atoms with Crippen LogP contribution < -0.4 is 4.90 Å². The van der Waals surface area contributed by atoms with Crippen molar-refractivity contribution in [3.8, 4) is 0 Å². The number of halogens is 1. The number of thiazole rings is 1. The van der Waals surface area contributed by atoms with E-state index in [0.29, 0.717) is 23.3 Å². The molecule has 0 saturated carbocycles. The highest BCUT2D eigenvalue weighted by Crippen LogP contribution is 2.34. The lowest BCUT2D eigenvalue weighted by Crippen LogP contribution is -2.38. The molecule has 0 N–H and O–H groups in total. The molecule has 1 fully saturated rings. The van der Waals surface area contributed by atoms with Gasteiger partial charge in [0.2, 0.25) is 5.91 Å². The average molecular weight is 493 g/mol. The molecule has 32 heavy (non-hydrogen) atoms. The van der Waals surface area contributed by atoms with Crippen LogP contribution in [0, 0.1) is 6.92 Å². The maximum atomic E-state index is 13.2. The van der Waals surface area contributed by atoms with Gasteiger partial charge in [-0.3, -0.25) is 9.69 Å². The molecule has 0 aliphatic carbocycles. The average Bonchev–Trinajstić information content (AvgIpc) is 3.40. The van der Waals surface area contributed by atoms with E-state index in [2.05, 4.69) is 4.98 Å². The number of hydrogen-bond acceptors (Lipinski definition) is 6. The highest BCUT2D eigenvalue weighted by atomic mass is 35.5. The van der Waals surface area contributed by atoms with Crippen molar-refractivity contribution in [1.82, 2.24) is 4.98 Å². The number of aromatic nitrogens is 1. The molecule has 0 spiro atoms. The van der Waals surface area contributed by atoms with E-state index in [-0.39, 0.29) is 29.9 Å². The zero-order valence-electron chi connectivity index (χ0n) is 17.8. The monoisotopic (exact) mass is 492 g/mol. The fourth-order valence-corrected chi connectivity index (χ4v) is 6.59. The van der Waals surface area contributed by atoms with Crippen LogP contribution in [0.4, 0.5) is 5.13 Å². The second kappa shape index (κ2) is 9.87. The summed E-state index contributed by atoms with van der Waals surface area (Å²) < 4.78 is 31.9. The first-order valence-corrected chi connectivity index (χ1v) is 13.6. The van der Waals surface area contributed by atoms with Crippen LogP contribution in [-0.4, -0.2) is 44.3 Å². The van der Waals surface area contributed by atoms with Gasteiger partial charge in [0.15, 0.2) is 15.0 Å². The quantitative estimate of drug-likeness (QED) is 0.452. The minimum Gasteiger partial charge on any atom is -0.376 e. The number of rotatable bonds is 8. The molecule has 0 bridgehead atoms. The molecule has 1 atom stereocenters. The molecule has 9 heteroatoms. The minimum atomic E-state index is -3.42. The molecule has 2 aromatic carbocycles. The van der Waals surface area contributed by atoms with Crippen LogP contribution >= 0.6 is 22.9 Å². The van der Waals surface area contributed by atoms with Crippen molar-refractivity contribution in [3.05, 3.63) is 58.6 Å². The predicted octanol–water partition coefficient (Wildman–Crippen LogP) is 4.78. The number of ether oxygens (including phenoxy) is 1. The number of carbonyl (C=O) groups is 1. The van der Waals surface area contributed by atoms with Crippen molar-refractivity contribution in [1.29, 1.82) is 0 Å². The summed E-state index contributed by atoms with van der Waals surface area (Å²) in [5, 5.41) is 1.17. The van der Waals surface area contributed by atoms with Gasteiger partial charge >= 0.3 is 0 Å². The summed E-state index contributed by atoms with van der Waals surface area (Å²) in [4.78, 5) is 19.5. The molecule has 1 aliphatic heterocycles. The fourth-order valence-electron chi connectivity index (χ4n) is 3.81. The molecule has 0 radical (unpaired) electrons. The summed E-state index contributed by atoms with van der Waals surface area (Å²) in [6.45, 7) is 2.97. The van der Waals surface area contributed by atoms with Crippen LogP contribution in [-0.2, 0) is 25.1 Å². The molecule has 170 valence electrons. The van der Waals surface area contributed by atoms with Crippen molar-refractivity contribution < 1.29 is 17.9 Å². The predicted molar refractivity (Wildman–Crippen MR) is 129 cm³/mol. The largest absolute Gasteiger partial charge is 0.376 e. The van der Waals surface area contributed by atoms with E-state index in [9.17, 15) is 13.2 Å². The highest BCUT2D eigenvalue weighted by Gasteiger charge is 2.27. The molecular weight excluding hydrogens is 468 g/mol. The zero-order chi connectivity index (χ0) is 22.7. The van der Waals surface area contributed by atoms with Crippen LogP contribution in [0.15, 0.2) is 42.5 Å². The number of nitrogens with zero attached hydrogens (tertiary/aromatic N) is 2. The Balaban J connectivity index is 1.53. The first kappa shape index (κ1) is 23.2. The maximum Gasteiger partial charge on any atom is 0.229 e. The molecule has 1 aromatic heterocycles. The fraction of sp³-hybridized carbons (Fsp3) is 0.391. The van der Waals surface area contributed by atoms with Crippen molar-refractivity contribution in [3.63, 3.8) is 0 Å². The summed E-state index contributed by atoms with van der Waals surface area (Å²) in [5.74, 6) is -0.551. The van der Waals surface area contributed by atoms with Gasteiger partial charge in [0.05, 0.1) is 34.4 Å². The second-order valence-electron chi connectivity index (χ2n) is 8.03. The van der Waals surface area contributed by atoms with Crippen LogP contribution in [0.3, 0.4) is 0 Å². The molecular formula is C23H25ClN2O4S2. The van der Waals surface area contributed by atoms with Gasteiger partial charge in [-0.15, -0.1) is 0 Å². The number of aryl methyl sites for hydroxylation is 1. The Kier molecular flexibility index (Phi) is 7.14. The minimum absolute atomic E-state index is 0.0726. The Labute approximate surface area is 197 Å². The van der Waals surface area contributed by atoms with Crippen molar-refractivity contribution in [2.75, 3.05) is 23.8 Å². The first-order valence-electron chi connectivity index (χ1n) is 10.5.